The maximum Gasteiger partial charge on any atom is 0.188 e. The second-order valence-electron chi connectivity index (χ2n) is 6.56. The summed E-state index contributed by atoms with van der Waals surface area (Å²) in [5, 5.41) is 3.27. The monoisotopic (exact) mass is 428 g/mol. The van der Waals surface area contributed by atoms with Gasteiger partial charge in [0.2, 0.25) is 0 Å². The Morgan fingerprint density at radius 1 is 1.13 bits per heavy atom. The van der Waals surface area contributed by atoms with E-state index in [1.165, 1.54) is 49.8 Å². The van der Waals surface area contributed by atoms with E-state index in [4.69, 9.17) is 5.73 Å². The number of rotatable bonds is 5. The van der Waals surface area contributed by atoms with Crippen molar-refractivity contribution in [2.75, 3.05) is 24.5 Å². The Kier molecular flexibility index (Phi) is 7.46. The minimum atomic E-state index is 0. The number of guanidine groups is 1. The van der Waals surface area contributed by atoms with Crippen molar-refractivity contribution in [3.8, 4) is 0 Å². The molecule has 0 atom stereocenters. The summed E-state index contributed by atoms with van der Waals surface area (Å²) in [5.41, 5.74) is 8.61. The van der Waals surface area contributed by atoms with Gasteiger partial charge in [-0.1, -0.05) is 24.6 Å². The van der Waals surface area contributed by atoms with Crippen LogP contribution in [0.1, 0.15) is 44.1 Å². The third kappa shape index (κ3) is 5.26. The average Bonchev–Trinajstić information content (AvgIpc) is 2.52. The van der Waals surface area contributed by atoms with Crippen LogP contribution >= 0.6 is 24.0 Å². The van der Waals surface area contributed by atoms with Gasteiger partial charge in [0.25, 0.3) is 0 Å². The summed E-state index contributed by atoms with van der Waals surface area (Å²) in [7, 11) is 0. The Morgan fingerprint density at radius 3 is 2.57 bits per heavy atom. The molecule has 0 unspecified atom stereocenters. The van der Waals surface area contributed by atoms with Crippen LogP contribution < -0.4 is 16.0 Å². The summed E-state index contributed by atoms with van der Waals surface area (Å²) in [4.78, 5) is 7.03. The van der Waals surface area contributed by atoms with E-state index >= 15 is 0 Å². The van der Waals surface area contributed by atoms with Crippen molar-refractivity contribution in [1.82, 2.24) is 5.32 Å². The number of anilines is 1. The van der Waals surface area contributed by atoms with E-state index in [1.54, 1.807) is 0 Å². The van der Waals surface area contributed by atoms with Crippen molar-refractivity contribution in [2.45, 2.75) is 45.1 Å². The molecule has 2 aliphatic rings. The lowest BCUT2D eigenvalue weighted by Gasteiger charge is -2.30. The number of hydrogen-bond acceptors (Lipinski definition) is 2. The number of nitrogens with zero attached hydrogens (tertiary/aromatic N) is 2. The molecule has 1 aromatic carbocycles. The second-order valence-corrected chi connectivity index (χ2v) is 6.56. The third-order valence-corrected chi connectivity index (χ3v) is 4.90. The summed E-state index contributed by atoms with van der Waals surface area (Å²) in [6, 6.07) is 8.60. The molecule has 0 bridgehead atoms. The predicted octanol–water partition coefficient (Wildman–Crippen LogP) is 3.50. The Hall–Kier alpha value is -0.980. The van der Waals surface area contributed by atoms with Gasteiger partial charge in [-0.3, -0.25) is 0 Å². The van der Waals surface area contributed by atoms with E-state index in [1.807, 2.05) is 0 Å². The number of nitrogens with one attached hydrogen (secondary N) is 1. The smallest absolute Gasteiger partial charge is 0.188 e. The molecule has 0 radical (unpaired) electrons. The first kappa shape index (κ1) is 18.4. The third-order valence-electron chi connectivity index (χ3n) is 4.90. The van der Waals surface area contributed by atoms with Crippen LogP contribution in [-0.2, 0) is 6.54 Å². The molecule has 0 spiro atoms. The Bertz CT molecular complexity index is 507. The van der Waals surface area contributed by atoms with Crippen LogP contribution in [0.25, 0.3) is 0 Å². The quantitative estimate of drug-likeness (QED) is 0.429. The molecule has 1 saturated heterocycles. The van der Waals surface area contributed by atoms with Gasteiger partial charge in [0.1, 0.15) is 0 Å². The van der Waals surface area contributed by atoms with Crippen molar-refractivity contribution < 1.29 is 0 Å². The number of piperidine rings is 1. The van der Waals surface area contributed by atoms with E-state index in [-0.39, 0.29) is 24.0 Å². The number of aliphatic imine (C=N–C) groups is 1. The molecule has 2 fully saturated rings. The van der Waals surface area contributed by atoms with E-state index in [2.05, 4.69) is 39.5 Å². The molecule has 1 aliphatic heterocycles. The molecular formula is C18H29IN4. The van der Waals surface area contributed by atoms with Crippen molar-refractivity contribution in [2.24, 2.45) is 16.6 Å². The van der Waals surface area contributed by atoms with Crippen LogP contribution in [0.2, 0.25) is 0 Å². The molecule has 1 aliphatic carbocycles. The zero-order chi connectivity index (χ0) is 15.2. The van der Waals surface area contributed by atoms with Gasteiger partial charge in [-0.25, -0.2) is 4.99 Å². The highest BCUT2D eigenvalue weighted by Gasteiger charge is 2.17. The van der Waals surface area contributed by atoms with Gasteiger partial charge in [-0.2, -0.15) is 0 Å². The SMILES string of the molecule is I.NC(=NCc1ccccc1N1CCCCC1)NCC1CCC1. The summed E-state index contributed by atoms with van der Waals surface area (Å²) >= 11 is 0. The first-order valence-corrected chi connectivity index (χ1v) is 8.69. The van der Waals surface area contributed by atoms with Crippen molar-refractivity contribution in [1.29, 1.82) is 0 Å². The minimum Gasteiger partial charge on any atom is -0.371 e. The Labute approximate surface area is 156 Å². The van der Waals surface area contributed by atoms with E-state index in [0.29, 0.717) is 12.5 Å². The van der Waals surface area contributed by atoms with Crippen LogP contribution in [0.15, 0.2) is 29.3 Å². The van der Waals surface area contributed by atoms with Gasteiger partial charge in [0.15, 0.2) is 5.96 Å². The zero-order valence-corrected chi connectivity index (χ0v) is 16.2. The van der Waals surface area contributed by atoms with Crippen LogP contribution in [0.3, 0.4) is 0 Å². The number of halogens is 1. The van der Waals surface area contributed by atoms with Crippen LogP contribution in [0.5, 0.6) is 0 Å². The molecule has 1 heterocycles. The fraction of sp³-hybridized carbons (Fsp3) is 0.611. The molecular weight excluding hydrogens is 399 g/mol. The van der Waals surface area contributed by atoms with E-state index in [9.17, 15) is 0 Å². The summed E-state index contributed by atoms with van der Waals surface area (Å²) in [5.74, 6) is 1.38. The van der Waals surface area contributed by atoms with Crippen LogP contribution in [0.4, 0.5) is 5.69 Å². The van der Waals surface area contributed by atoms with Gasteiger partial charge in [-0.05, 0) is 49.7 Å². The normalized spacial score (nSPS) is 19.0. The number of benzene rings is 1. The fourth-order valence-corrected chi connectivity index (χ4v) is 3.26. The lowest BCUT2D eigenvalue weighted by atomic mass is 9.85. The average molecular weight is 428 g/mol. The van der Waals surface area contributed by atoms with Crippen molar-refractivity contribution in [3.05, 3.63) is 29.8 Å². The Balaban J connectivity index is 0.00000192. The zero-order valence-electron chi connectivity index (χ0n) is 13.8. The van der Waals surface area contributed by atoms with E-state index < -0.39 is 0 Å². The molecule has 1 saturated carbocycles. The number of nitrogens with two attached hydrogens (primary N) is 1. The molecule has 3 rings (SSSR count). The molecule has 0 aromatic heterocycles. The van der Waals surface area contributed by atoms with Crippen molar-refractivity contribution in [3.63, 3.8) is 0 Å². The standard InChI is InChI=1S/C18H28N4.HI/c19-18(20-13-15-7-6-8-15)21-14-16-9-2-3-10-17(16)22-11-4-1-5-12-22;/h2-3,9-10,15H,1,4-8,11-14H2,(H3,19,20,21);1H. The topological polar surface area (TPSA) is 53.6 Å². The largest absolute Gasteiger partial charge is 0.371 e. The highest BCUT2D eigenvalue weighted by Crippen LogP contribution is 2.25. The highest BCUT2D eigenvalue weighted by atomic mass is 127. The lowest BCUT2D eigenvalue weighted by molar-refractivity contribution is 0.315. The fourth-order valence-electron chi connectivity index (χ4n) is 3.26. The summed E-state index contributed by atoms with van der Waals surface area (Å²) in [6.45, 7) is 3.96. The van der Waals surface area contributed by atoms with Gasteiger partial charge in [-0.15, -0.1) is 24.0 Å². The van der Waals surface area contributed by atoms with Crippen molar-refractivity contribution >= 4 is 35.6 Å². The van der Waals surface area contributed by atoms with Crippen LogP contribution in [-0.4, -0.2) is 25.6 Å². The maximum absolute atomic E-state index is 6.00. The molecule has 128 valence electrons. The van der Waals surface area contributed by atoms with Gasteiger partial charge in [0.05, 0.1) is 6.54 Å². The Morgan fingerprint density at radius 2 is 1.87 bits per heavy atom. The van der Waals surface area contributed by atoms with Gasteiger partial charge >= 0.3 is 0 Å². The van der Waals surface area contributed by atoms with Crippen LogP contribution in [0, 0.1) is 5.92 Å². The number of hydrogen-bond donors (Lipinski definition) is 2. The highest BCUT2D eigenvalue weighted by molar-refractivity contribution is 14.0. The minimum absolute atomic E-state index is 0. The maximum atomic E-state index is 6.00. The van der Waals surface area contributed by atoms with E-state index in [0.717, 1.165) is 25.6 Å². The predicted molar refractivity (Wildman–Crippen MR) is 109 cm³/mol. The molecule has 5 heteroatoms. The molecule has 23 heavy (non-hydrogen) atoms. The molecule has 0 amide bonds. The molecule has 1 aromatic rings. The summed E-state index contributed by atoms with van der Waals surface area (Å²) < 4.78 is 0. The lowest BCUT2D eigenvalue weighted by Crippen LogP contribution is -2.37. The molecule has 4 nitrogen and oxygen atoms in total. The first-order chi connectivity index (χ1) is 10.8. The first-order valence-electron chi connectivity index (χ1n) is 8.69. The number of para-hydroxylation sites is 1. The molecule has 3 N–H and O–H groups in total. The van der Waals surface area contributed by atoms with Gasteiger partial charge < -0.3 is 16.0 Å². The van der Waals surface area contributed by atoms with Gasteiger partial charge in [0, 0.05) is 25.3 Å². The summed E-state index contributed by atoms with van der Waals surface area (Å²) in [6.07, 6.45) is 7.98. The second kappa shape index (κ2) is 9.35.